The smallest absolute Gasteiger partial charge is 0.150 e. The van der Waals surface area contributed by atoms with E-state index in [-0.39, 0.29) is 0 Å². The molecule has 0 N–H and O–H groups in total. The number of hydrogen-bond donors (Lipinski definition) is 0. The fourth-order valence-corrected chi connectivity index (χ4v) is 3.91. The third kappa shape index (κ3) is 2.94. The van der Waals surface area contributed by atoms with Crippen LogP contribution in [0.25, 0.3) is 10.1 Å². The highest BCUT2D eigenvalue weighted by Gasteiger charge is 2.21. The Morgan fingerprint density at radius 3 is 2.70 bits per heavy atom. The first-order valence-corrected chi connectivity index (χ1v) is 8.81. The number of anilines is 1. The van der Waals surface area contributed by atoms with Crippen molar-refractivity contribution in [2.45, 2.75) is 13.5 Å². The van der Waals surface area contributed by atoms with Crippen molar-refractivity contribution in [2.75, 3.05) is 31.1 Å². The van der Waals surface area contributed by atoms with E-state index in [9.17, 15) is 0 Å². The van der Waals surface area contributed by atoms with Crippen molar-refractivity contribution in [3.63, 3.8) is 0 Å². The van der Waals surface area contributed by atoms with Gasteiger partial charge in [-0.15, -0.1) is 0 Å². The lowest BCUT2D eigenvalue weighted by Gasteiger charge is -2.35. The number of piperazine rings is 1. The summed E-state index contributed by atoms with van der Waals surface area (Å²) in [5.74, 6) is 1.15. The summed E-state index contributed by atoms with van der Waals surface area (Å²) in [6.45, 7) is 7.25. The van der Waals surface area contributed by atoms with Crippen LogP contribution in [0.3, 0.4) is 0 Å². The fraction of sp³-hybridized carbons (Fsp3) is 0.333. The Morgan fingerprint density at radius 1 is 1.04 bits per heavy atom. The summed E-state index contributed by atoms with van der Waals surface area (Å²) in [6, 6.07) is 12.6. The molecule has 0 saturated carbocycles. The zero-order chi connectivity index (χ0) is 15.6. The molecule has 0 radical (unpaired) electrons. The van der Waals surface area contributed by atoms with Crippen LogP contribution in [-0.4, -0.2) is 40.4 Å². The van der Waals surface area contributed by atoms with Gasteiger partial charge in [-0.3, -0.25) is 9.88 Å². The van der Waals surface area contributed by atoms with Gasteiger partial charge in [0.2, 0.25) is 0 Å². The van der Waals surface area contributed by atoms with Gasteiger partial charge in [-0.2, -0.15) is 4.37 Å². The van der Waals surface area contributed by atoms with Crippen molar-refractivity contribution in [1.29, 1.82) is 0 Å². The first kappa shape index (κ1) is 14.6. The molecule has 1 aromatic carbocycles. The normalized spacial score (nSPS) is 16.1. The average Bonchev–Trinajstić information content (AvgIpc) is 3.02. The second-order valence-corrected chi connectivity index (χ2v) is 6.84. The summed E-state index contributed by atoms with van der Waals surface area (Å²) in [5, 5.41) is 1.28. The highest BCUT2D eigenvalue weighted by atomic mass is 32.1. The van der Waals surface area contributed by atoms with E-state index >= 15 is 0 Å². The van der Waals surface area contributed by atoms with Gasteiger partial charge in [0.05, 0.1) is 10.4 Å². The molecule has 3 aromatic rings. The van der Waals surface area contributed by atoms with Gasteiger partial charge in [-0.05, 0) is 42.2 Å². The van der Waals surface area contributed by atoms with Gasteiger partial charge in [0.15, 0.2) is 0 Å². The Hall–Kier alpha value is -1.98. The molecule has 0 amide bonds. The molecule has 4 rings (SSSR count). The lowest BCUT2D eigenvalue weighted by molar-refractivity contribution is 0.246. The monoisotopic (exact) mass is 324 g/mol. The maximum absolute atomic E-state index is 4.68. The Bertz CT molecular complexity index is 805. The number of pyridine rings is 1. The van der Waals surface area contributed by atoms with Crippen LogP contribution in [0.5, 0.6) is 0 Å². The predicted octanol–water partition coefficient (Wildman–Crippen LogP) is 3.32. The van der Waals surface area contributed by atoms with E-state index in [0.717, 1.165) is 38.5 Å². The molecule has 3 heterocycles. The van der Waals surface area contributed by atoms with Crippen LogP contribution < -0.4 is 4.90 Å². The summed E-state index contributed by atoms with van der Waals surface area (Å²) >= 11 is 1.60. The molecule has 0 aliphatic carbocycles. The molecule has 1 aliphatic rings. The molecule has 0 atom stereocenters. The number of benzene rings is 1. The minimum atomic E-state index is 0.943. The number of fused-ring (bicyclic) bond motifs is 1. The van der Waals surface area contributed by atoms with E-state index in [1.807, 2.05) is 12.3 Å². The zero-order valence-corrected chi connectivity index (χ0v) is 14.1. The van der Waals surface area contributed by atoms with Crippen molar-refractivity contribution in [3.8, 4) is 0 Å². The van der Waals surface area contributed by atoms with E-state index in [2.05, 4.69) is 56.4 Å². The Morgan fingerprint density at radius 2 is 1.87 bits per heavy atom. The van der Waals surface area contributed by atoms with Crippen molar-refractivity contribution in [3.05, 3.63) is 53.9 Å². The predicted molar refractivity (Wildman–Crippen MR) is 96.1 cm³/mol. The summed E-state index contributed by atoms with van der Waals surface area (Å²) in [4.78, 5) is 9.42. The highest BCUT2D eigenvalue weighted by molar-refractivity contribution is 7.13. The third-order valence-electron chi connectivity index (χ3n) is 4.52. The summed E-state index contributed by atoms with van der Waals surface area (Å²) in [7, 11) is 0. The van der Waals surface area contributed by atoms with Crippen molar-refractivity contribution >= 4 is 27.4 Å². The molecule has 0 unspecified atom stereocenters. The van der Waals surface area contributed by atoms with Gasteiger partial charge < -0.3 is 4.90 Å². The van der Waals surface area contributed by atoms with Gasteiger partial charge >= 0.3 is 0 Å². The van der Waals surface area contributed by atoms with Gasteiger partial charge in [-0.1, -0.05) is 18.2 Å². The molecule has 118 valence electrons. The van der Waals surface area contributed by atoms with E-state index in [4.69, 9.17) is 0 Å². The number of rotatable bonds is 3. The molecule has 4 nitrogen and oxygen atoms in total. The molecule has 1 aliphatic heterocycles. The molecule has 2 aromatic heterocycles. The van der Waals surface area contributed by atoms with Crippen LogP contribution in [0, 0.1) is 6.92 Å². The van der Waals surface area contributed by atoms with Gasteiger partial charge in [0.1, 0.15) is 5.82 Å². The standard InChI is InChI=1S/C18H20N4S/c1-14-5-4-8-19-16(14)13-21-9-11-22(12-10-21)18-15-6-2-3-7-17(15)23-20-18/h2-8H,9-13H2,1H3. The van der Waals surface area contributed by atoms with Crippen LogP contribution >= 0.6 is 11.5 Å². The largest absolute Gasteiger partial charge is 0.353 e. The van der Waals surface area contributed by atoms with Crippen molar-refractivity contribution in [2.24, 2.45) is 0 Å². The first-order chi connectivity index (χ1) is 11.3. The van der Waals surface area contributed by atoms with Crippen LogP contribution in [0.1, 0.15) is 11.3 Å². The lowest BCUT2D eigenvalue weighted by Crippen LogP contribution is -2.46. The Kier molecular flexibility index (Phi) is 3.97. The molecule has 23 heavy (non-hydrogen) atoms. The van der Waals surface area contributed by atoms with E-state index in [0.29, 0.717) is 0 Å². The third-order valence-corrected chi connectivity index (χ3v) is 5.34. The van der Waals surface area contributed by atoms with Crippen LogP contribution in [0.4, 0.5) is 5.82 Å². The average molecular weight is 324 g/mol. The number of aryl methyl sites for hydroxylation is 1. The van der Waals surface area contributed by atoms with E-state index in [1.54, 1.807) is 11.5 Å². The van der Waals surface area contributed by atoms with Gasteiger partial charge in [0, 0.05) is 44.3 Å². The lowest BCUT2D eigenvalue weighted by atomic mass is 10.2. The summed E-state index contributed by atoms with van der Waals surface area (Å²) < 4.78 is 5.95. The molecule has 0 spiro atoms. The SMILES string of the molecule is Cc1cccnc1CN1CCN(c2nsc3ccccc23)CC1. The summed E-state index contributed by atoms with van der Waals surface area (Å²) in [6.07, 6.45) is 1.89. The Balaban J connectivity index is 1.44. The first-order valence-electron chi connectivity index (χ1n) is 8.03. The van der Waals surface area contributed by atoms with Crippen LogP contribution in [-0.2, 0) is 6.54 Å². The van der Waals surface area contributed by atoms with Crippen LogP contribution in [0.2, 0.25) is 0 Å². The minimum Gasteiger partial charge on any atom is -0.353 e. The van der Waals surface area contributed by atoms with E-state index < -0.39 is 0 Å². The second-order valence-electron chi connectivity index (χ2n) is 6.03. The van der Waals surface area contributed by atoms with Crippen LogP contribution in [0.15, 0.2) is 42.6 Å². The number of nitrogens with zero attached hydrogens (tertiary/aromatic N) is 4. The topological polar surface area (TPSA) is 32.3 Å². The number of aromatic nitrogens is 2. The molecular formula is C18H20N4S. The molecule has 1 fully saturated rings. The van der Waals surface area contributed by atoms with Crippen molar-refractivity contribution in [1.82, 2.24) is 14.3 Å². The van der Waals surface area contributed by atoms with E-state index in [1.165, 1.54) is 21.3 Å². The minimum absolute atomic E-state index is 0.943. The molecular weight excluding hydrogens is 304 g/mol. The van der Waals surface area contributed by atoms with Gasteiger partial charge in [0.25, 0.3) is 0 Å². The second kappa shape index (κ2) is 6.26. The quantitative estimate of drug-likeness (QED) is 0.740. The van der Waals surface area contributed by atoms with Crippen molar-refractivity contribution < 1.29 is 0 Å². The maximum Gasteiger partial charge on any atom is 0.150 e. The summed E-state index contributed by atoms with van der Waals surface area (Å²) in [5.41, 5.74) is 2.47. The highest BCUT2D eigenvalue weighted by Crippen LogP contribution is 2.29. The maximum atomic E-state index is 4.68. The molecule has 5 heteroatoms. The number of hydrogen-bond acceptors (Lipinski definition) is 5. The molecule has 1 saturated heterocycles. The molecule has 0 bridgehead atoms. The fourth-order valence-electron chi connectivity index (χ4n) is 3.11. The van der Waals surface area contributed by atoms with Gasteiger partial charge in [-0.25, -0.2) is 0 Å². The Labute approximate surface area is 140 Å². The zero-order valence-electron chi connectivity index (χ0n) is 13.3.